The first-order chi connectivity index (χ1) is 21.8. The van der Waals surface area contributed by atoms with E-state index >= 15 is 0 Å². The first-order valence-corrected chi connectivity index (χ1v) is 14.7. The molecule has 8 aromatic rings. The molecular formula is C39H25N5. The Hall–Kier alpha value is -6.07. The van der Waals surface area contributed by atoms with Crippen LogP contribution >= 0.6 is 0 Å². The van der Waals surface area contributed by atoms with Crippen LogP contribution in [-0.4, -0.2) is 19.5 Å². The summed E-state index contributed by atoms with van der Waals surface area (Å²) in [4.78, 5) is 17.2. The van der Waals surface area contributed by atoms with Crippen LogP contribution in [0.4, 0.5) is 17.1 Å². The van der Waals surface area contributed by atoms with Gasteiger partial charge in [-0.15, -0.1) is 0 Å². The van der Waals surface area contributed by atoms with E-state index in [4.69, 9.17) is 15.0 Å². The van der Waals surface area contributed by atoms with Crippen molar-refractivity contribution in [3.63, 3.8) is 0 Å². The van der Waals surface area contributed by atoms with Crippen molar-refractivity contribution in [2.24, 2.45) is 0 Å². The lowest BCUT2D eigenvalue weighted by molar-refractivity contribution is 1.07. The van der Waals surface area contributed by atoms with Crippen LogP contribution in [0.3, 0.4) is 0 Å². The average Bonchev–Trinajstić information content (AvgIpc) is 3.44. The number of fused-ring (bicyclic) bond motifs is 5. The fourth-order valence-corrected chi connectivity index (χ4v) is 6.39. The molecule has 0 unspecified atom stereocenters. The van der Waals surface area contributed by atoms with Crippen LogP contribution in [0.2, 0.25) is 0 Å². The molecule has 0 aliphatic carbocycles. The highest BCUT2D eigenvalue weighted by Crippen LogP contribution is 2.49. The summed E-state index contributed by atoms with van der Waals surface area (Å²) in [6.07, 6.45) is 0. The van der Waals surface area contributed by atoms with E-state index in [1.54, 1.807) is 0 Å². The third-order valence-electron chi connectivity index (χ3n) is 8.34. The number of anilines is 3. The van der Waals surface area contributed by atoms with E-state index in [9.17, 15) is 0 Å². The maximum atomic E-state index is 4.99. The number of benzene rings is 6. The zero-order valence-corrected chi connectivity index (χ0v) is 23.7. The third-order valence-corrected chi connectivity index (χ3v) is 8.34. The van der Waals surface area contributed by atoms with Gasteiger partial charge < -0.3 is 9.47 Å². The summed E-state index contributed by atoms with van der Waals surface area (Å²) in [5, 5.41) is 2.35. The Morgan fingerprint density at radius 3 is 1.59 bits per heavy atom. The molecule has 0 radical (unpaired) electrons. The lowest BCUT2D eigenvalue weighted by Crippen LogP contribution is -2.17. The molecule has 0 bridgehead atoms. The van der Waals surface area contributed by atoms with Gasteiger partial charge in [0.25, 0.3) is 0 Å². The molecule has 6 aromatic carbocycles. The van der Waals surface area contributed by atoms with Gasteiger partial charge >= 0.3 is 0 Å². The van der Waals surface area contributed by atoms with Crippen molar-refractivity contribution < 1.29 is 0 Å². The lowest BCUT2D eigenvalue weighted by Gasteiger charge is -2.33. The number of rotatable bonds is 4. The van der Waals surface area contributed by atoms with E-state index in [1.165, 1.54) is 10.9 Å². The molecule has 0 amide bonds. The minimum absolute atomic E-state index is 0.651. The largest absolute Gasteiger partial charge is 0.306 e. The first-order valence-electron chi connectivity index (χ1n) is 14.7. The second kappa shape index (κ2) is 9.75. The van der Waals surface area contributed by atoms with Gasteiger partial charge in [0.1, 0.15) is 0 Å². The summed E-state index contributed by atoms with van der Waals surface area (Å²) in [6, 6.07) is 52.6. The van der Waals surface area contributed by atoms with E-state index in [-0.39, 0.29) is 0 Å². The molecule has 1 aliphatic rings. The van der Waals surface area contributed by atoms with E-state index < -0.39 is 0 Å². The monoisotopic (exact) mass is 563 g/mol. The standard InChI is InChI=1S/C39H25N5/c1-4-13-26(14-5-1)37-40-38(27-15-6-2-7-16-27)42-39(41-37)28-23-24-32-31(25-28)30-19-12-22-35-36(30)44(32)34-21-11-10-20-33(34)43(35)29-17-8-3-9-18-29/h1-25H. The summed E-state index contributed by atoms with van der Waals surface area (Å²) in [5.41, 5.74) is 9.80. The van der Waals surface area contributed by atoms with Gasteiger partial charge in [-0.3, -0.25) is 0 Å². The number of aromatic nitrogens is 4. The Balaban J connectivity index is 1.29. The van der Waals surface area contributed by atoms with Crippen LogP contribution in [0.5, 0.6) is 0 Å². The molecule has 3 heterocycles. The molecule has 206 valence electrons. The van der Waals surface area contributed by atoms with Gasteiger partial charge in [-0.05, 0) is 48.5 Å². The molecule has 0 spiro atoms. The smallest absolute Gasteiger partial charge is 0.164 e. The molecule has 5 heteroatoms. The SMILES string of the molecule is c1ccc(-c2nc(-c3ccccc3)nc(-c3ccc4c(c3)c3cccc5c3n4-c3ccccc3N5c3ccccc3)n2)cc1. The highest BCUT2D eigenvalue weighted by Gasteiger charge is 2.28. The number of para-hydroxylation sites is 4. The molecule has 44 heavy (non-hydrogen) atoms. The molecule has 0 saturated carbocycles. The Bertz CT molecular complexity index is 2270. The summed E-state index contributed by atoms with van der Waals surface area (Å²) >= 11 is 0. The number of hydrogen-bond acceptors (Lipinski definition) is 4. The number of nitrogens with zero attached hydrogens (tertiary/aromatic N) is 5. The lowest BCUT2D eigenvalue weighted by atomic mass is 10.1. The van der Waals surface area contributed by atoms with Crippen LogP contribution < -0.4 is 4.90 Å². The van der Waals surface area contributed by atoms with E-state index in [0.29, 0.717) is 17.5 Å². The van der Waals surface area contributed by atoms with Crippen molar-refractivity contribution >= 4 is 38.9 Å². The number of hydrogen-bond donors (Lipinski definition) is 0. The molecular weight excluding hydrogens is 538 g/mol. The topological polar surface area (TPSA) is 46.8 Å². The predicted octanol–water partition coefficient (Wildman–Crippen LogP) is 9.75. The second-order valence-corrected chi connectivity index (χ2v) is 10.9. The Morgan fingerprint density at radius 2 is 0.932 bits per heavy atom. The van der Waals surface area contributed by atoms with Gasteiger partial charge in [0.05, 0.1) is 28.1 Å². The second-order valence-electron chi connectivity index (χ2n) is 10.9. The molecule has 0 atom stereocenters. The minimum atomic E-state index is 0.651. The maximum absolute atomic E-state index is 4.99. The highest BCUT2D eigenvalue weighted by molar-refractivity contribution is 6.17. The summed E-state index contributed by atoms with van der Waals surface area (Å²) in [7, 11) is 0. The van der Waals surface area contributed by atoms with Gasteiger partial charge in [0.2, 0.25) is 0 Å². The summed E-state index contributed by atoms with van der Waals surface area (Å²) in [6.45, 7) is 0. The van der Waals surface area contributed by atoms with Crippen molar-refractivity contribution in [2.45, 2.75) is 0 Å². The molecule has 1 aliphatic heterocycles. The molecule has 5 nitrogen and oxygen atoms in total. The van der Waals surface area contributed by atoms with Crippen LogP contribution in [0.15, 0.2) is 152 Å². The molecule has 0 saturated heterocycles. The molecule has 9 rings (SSSR count). The quantitative estimate of drug-likeness (QED) is 0.214. The molecule has 2 aromatic heterocycles. The van der Waals surface area contributed by atoms with Crippen molar-refractivity contribution in [3.05, 3.63) is 152 Å². The van der Waals surface area contributed by atoms with Gasteiger partial charge in [-0.1, -0.05) is 103 Å². The van der Waals surface area contributed by atoms with E-state index in [2.05, 4.69) is 100 Å². The fraction of sp³-hybridized carbons (Fsp3) is 0. The average molecular weight is 564 g/mol. The van der Waals surface area contributed by atoms with Gasteiger partial charge in [-0.2, -0.15) is 0 Å². The zero-order chi connectivity index (χ0) is 29.0. The van der Waals surface area contributed by atoms with Crippen molar-refractivity contribution in [1.29, 1.82) is 0 Å². The fourth-order valence-electron chi connectivity index (χ4n) is 6.39. The Kier molecular flexibility index (Phi) is 5.43. The van der Waals surface area contributed by atoms with Crippen LogP contribution in [0, 0.1) is 0 Å². The van der Waals surface area contributed by atoms with E-state index in [0.717, 1.165) is 50.3 Å². The maximum Gasteiger partial charge on any atom is 0.164 e. The molecule has 0 fully saturated rings. The molecule has 0 N–H and O–H groups in total. The van der Waals surface area contributed by atoms with Crippen LogP contribution in [-0.2, 0) is 0 Å². The van der Waals surface area contributed by atoms with Crippen molar-refractivity contribution in [1.82, 2.24) is 19.5 Å². The highest BCUT2D eigenvalue weighted by atomic mass is 15.2. The van der Waals surface area contributed by atoms with Gasteiger partial charge in [0.15, 0.2) is 17.5 Å². The predicted molar refractivity (Wildman–Crippen MR) is 179 cm³/mol. The van der Waals surface area contributed by atoms with Crippen LogP contribution in [0.1, 0.15) is 0 Å². The summed E-state index contributed by atoms with van der Waals surface area (Å²) in [5.74, 6) is 1.96. The third kappa shape index (κ3) is 3.76. The Labute approximate surface area is 254 Å². The van der Waals surface area contributed by atoms with Crippen molar-refractivity contribution in [3.8, 4) is 39.9 Å². The minimum Gasteiger partial charge on any atom is -0.306 e. The normalized spacial score (nSPS) is 12.0. The Morgan fingerprint density at radius 1 is 0.386 bits per heavy atom. The first kappa shape index (κ1) is 24.5. The van der Waals surface area contributed by atoms with Gasteiger partial charge in [0, 0.05) is 33.2 Å². The van der Waals surface area contributed by atoms with Crippen molar-refractivity contribution in [2.75, 3.05) is 4.90 Å². The van der Waals surface area contributed by atoms with Crippen LogP contribution in [0.25, 0.3) is 61.7 Å². The zero-order valence-electron chi connectivity index (χ0n) is 23.7. The summed E-state index contributed by atoms with van der Waals surface area (Å²) < 4.78 is 2.40. The van der Waals surface area contributed by atoms with Gasteiger partial charge in [-0.25, -0.2) is 15.0 Å². The van der Waals surface area contributed by atoms with E-state index in [1.807, 2.05) is 60.7 Å².